The van der Waals surface area contributed by atoms with Crippen LogP contribution in [0.4, 0.5) is 0 Å². The molecule has 1 unspecified atom stereocenters. The summed E-state index contributed by atoms with van der Waals surface area (Å²) in [6.07, 6.45) is 0. The van der Waals surface area contributed by atoms with E-state index in [1.165, 1.54) is 5.56 Å². The molecule has 0 spiro atoms. The van der Waals surface area contributed by atoms with E-state index in [4.69, 9.17) is 5.73 Å². The van der Waals surface area contributed by atoms with E-state index in [0.717, 1.165) is 20.1 Å². The summed E-state index contributed by atoms with van der Waals surface area (Å²) in [4.78, 5) is 0. The van der Waals surface area contributed by atoms with Crippen molar-refractivity contribution in [3.8, 4) is 0 Å². The van der Waals surface area contributed by atoms with Crippen LogP contribution in [-0.2, 0) is 0 Å². The Bertz CT molecular complexity index is 537. The van der Waals surface area contributed by atoms with E-state index in [9.17, 15) is 0 Å². The van der Waals surface area contributed by atoms with Crippen molar-refractivity contribution in [1.29, 1.82) is 0 Å². The van der Waals surface area contributed by atoms with Crippen molar-refractivity contribution in [1.82, 2.24) is 0 Å². The van der Waals surface area contributed by atoms with Gasteiger partial charge in [-0.1, -0.05) is 61.7 Å². The van der Waals surface area contributed by atoms with Crippen molar-refractivity contribution in [2.24, 2.45) is 5.73 Å². The molecule has 2 aromatic rings. The van der Waals surface area contributed by atoms with Crippen LogP contribution in [0, 0.1) is 6.92 Å². The van der Waals surface area contributed by atoms with Gasteiger partial charge in [0.1, 0.15) is 0 Å². The van der Waals surface area contributed by atoms with Crippen LogP contribution in [-0.4, -0.2) is 0 Å². The van der Waals surface area contributed by atoms with Crippen molar-refractivity contribution in [3.05, 3.63) is 68.1 Å². The Morgan fingerprint density at radius 3 is 2.53 bits per heavy atom. The van der Waals surface area contributed by atoms with E-state index < -0.39 is 0 Å². The van der Waals surface area contributed by atoms with Crippen LogP contribution in [0.3, 0.4) is 0 Å². The Morgan fingerprint density at radius 1 is 1.06 bits per heavy atom. The van der Waals surface area contributed by atoms with Crippen LogP contribution in [0.1, 0.15) is 22.7 Å². The second-order valence-corrected chi connectivity index (χ2v) is 5.83. The monoisotopic (exact) mass is 353 g/mol. The van der Waals surface area contributed by atoms with Crippen molar-refractivity contribution in [3.63, 3.8) is 0 Å². The summed E-state index contributed by atoms with van der Waals surface area (Å²) in [6, 6.07) is 14.2. The predicted octanol–water partition coefficient (Wildman–Crippen LogP) is 4.57. The maximum atomic E-state index is 6.30. The van der Waals surface area contributed by atoms with Gasteiger partial charge in [0.25, 0.3) is 0 Å². The molecule has 17 heavy (non-hydrogen) atoms. The molecule has 0 bridgehead atoms. The summed E-state index contributed by atoms with van der Waals surface area (Å²) < 4.78 is 2.08. The Kier molecular flexibility index (Phi) is 4.02. The lowest BCUT2D eigenvalue weighted by Gasteiger charge is -2.15. The first kappa shape index (κ1) is 12.8. The Balaban J connectivity index is 2.43. The summed E-state index contributed by atoms with van der Waals surface area (Å²) in [7, 11) is 0. The molecule has 2 rings (SSSR count). The van der Waals surface area contributed by atoms with Gasteiger partial charge in [-0.2, -0.15) is 0 Å². The van der Waals surface area contributed by atoms with E-state index in [0.29, 0.717) is 0 Å². The third kappa shape index (κ3) is 2.97. The van der Waals surface area contributed by atoms with E-state index in [2.05, 4.69) is 63.0 Å². The van der Waals surface area contributed by atoms with Crippen LogP contribution in [0.25, 0.3) is 0 Å². The van der Waals surface area contributed by atoms with Gasteiger partial charge >= 0.3 is 0 Å². The van der Waals surface area contributed by atoms with E-state index in [-0.39, 0.29) is 6.04 Å². The minimum Gasteiger partial charge on any atom is -0.320 e. The molecule has 88 valence electrons. The third-order valence-electron chi connectivity index (χ3n) is 2.69. The van der Waals surface area contributed by atoms with E-state index >= 15 is 0 Å². The van der Waals surface area contributed by atoms with Gasteiger partial charge < -0.3 is 5.73 Å². The van der Waals surface area contributed by atoms with E-state index in [1.807, 2.05) is 18.2 Å². The fraction of sp³-hybridized carbons (Fsp3) is 0.143. The molecule has 3 heteroatoms. The minimum atomic E-state index is -0.109. The van der Waals surface area contributed by atoms with Crippen LogP contribution in [0.2, 0.25) is 0 Å². The topological polar surface area (TPSA) is 26.0 Å². The van der Waals surface area contributed by atoms with Crippen LogP contribution >= 0.6 is 31.9 Å². The zero-order chi connectivity index (χ0) is 12.4. The van der Waals surface area contributed by atoms with Crippen molar-refractivity contribution >= 4 is 31.9 Å². The van der Waals surface area contributed by atoms with Crippen LogP contribution < -0.4 is 5.73 Å². The van der Waals surface area contributed by atoms with Gasteiger partial charge in [-0.15, -0.1) is 0 Å². The highest BCUT2D eigenvalue weighted by molar-refractivity contribution is 9.11. The van der Waals surface area contributed by atoms with Crippen molar-refractivity contribution < 1.29 is 0 Å². The average Bonchev–Trinajstić information content (AvgIpc) is 2.31. The van der Waals surface area contributed by atoms with Crippen LogP contribution in [0.5, 0.6) is 0 Å². The average molecular weight is 355 g/mol. The quantitative estimate of drug-likeness (QED) is 0.839. The van der Waals surface area contributed by atoms with Gasteiger partial charge in [0.2, 0.25) is 0 Å². The maximum Gasteiger partial charge on any atom is 0.0563 e. The largest absolute Gasteiger partial charge is 0.320 e. The Labute approximate surface area is 118 Å². The third-order valence-corrected chi connectivity index (χ3v) is 3.91. The standard InChI is InChI=1S/C14H13Br2N/c1-9-3-2-4-10(7-9)14(17)12-8-11(15)5-6-13(12)16/h2-8,14H,17H2,1H3. The number of hydrogen-bond acceptors (Lipinski definition) is 1. The number of halogens is 2. The molecule has 0 aliphatic heterocycles. The first-order valence-electron chi connectivity index (χ1n) is 5.35. The number of nitrogens with two attached hydrogens (primary N) is 1. The predicted molar refractivity (Wildman–Crippen MR) is 79.1 cm³/mol. The highest BCUT2D eigenvalue weighted by Gasteiger charge is 2.12. The molecular formula is C14H13Br2N. The number of benzene rings is 2. The summed E-state index contributed by atoms with van der Waals surface area (Å²) in [6.45, 7) is 2.08. The Hall–Kier alpha value is -0.640. The molecule has 0 saturated heterocycles. The molecule has 0 heterocycles. The summed E-state index contributed by atoms with van der Waals surface area (Å²) in [5, 5.41) is 0. The highest BCUT2D eigenvalue weighted by atomic mass is 79.9. The number of hydrogen-bond donors (Lipinski definition) is 1. The normalized spacial score (nSPS) is 12.5. The maximum absolute atomic E-state index is 6.30. The zero-order valence-corrected chi connectivity index (χ0v) is 12.6. The van der Waals surface area contributed by atoms with Gasteiger partial charge in [0, 0.05) is 8.95 Å². The number of aryl methyl sites for hydroxylation is 1. The smallest absolute Gasteiger partial charge is 0.0563 e. The molecule has 0 aliphatic rings. The number of rotatable bonds is 2. The van der Waals surface area contributed by atoms with Gasteiger partial charge in [-0.05, 0) is 36.2 Å². The zero-order valence-electron chi connectivity index (χ0n) is 9.45. The molecule has 0 saturated carbocycles. The molecule has 1 nitrogen and oxygen atoms in total. The lowest BCUT2D eigenvalue weighted by Crippen LogP contribution is -2.12. The minimum absolute atomic E-state index is 0.109. The molecule has 2 N–H and O–H groups in total. The van der Waals surface area contributed by atoms with Crippen molar-refractivity contribution in [2.45, 2.75) is 13.0 Å². The van der Waals surface area contributed by atoms with E-state index in [1.54, 1.807) is 0 Å². The van der Waals surface area contributed by atoms with Gasteiger partial charge in [-0.25, -0.2) is 0 Å². The lowest BCUT2D eigenvalue weighted by molar-refractivity contribution is 0.863. The second-order valence-electron chi connectivity index (χ2n) is 4.06. The fourth-order valence-corrected chi connectivity index (χ4v) is 2.67. The van der Waals surface area contributed by atoms with Crippen LogP contribution in [0.15, 0.2) is 51.4 Å². The molecular weight excluding hydrogens is 342 g/mol. The lowest BCUT2D eigenvalue weighted by atomic mass is 9.98. The molecule has 0 radical (unpaired) electrons. The highest BCUT2D eigenvalue weighted by Crippen LogP contribution is 2.29. The Morgan fingerprint density at radius 2 is 1.82 bits per heavy atom. The molecule has 2 aromatic carbocycles. The molecule has 1 atom stereocenters. The fourth-order valence-electron chi connectivity index (χ4n) is 1.80. The molecule has 0 amide bonds. The summed E-state index contributed by atoms with van der Waals surface area (Å²) >= 11 is 7.02. The first-order valence-corrected chi connectivity index (χ1v) is 6.93. The molecule has 0 fully saturated rings. The van der Waals surface area contributed by atoms with Gasteiger partial charge in [-0.3, -0.25) is 0 Å². The van der Waals surface area contributed by atoms with Crippen molar-refractivity contribution in [2.75, 3.05) is 0 Å². The second kappa shape index (κ2) is 5.34. The van der Waals surface area contributed by atoms with Gasteiger partial charge in [0.05, 0.1) is 6.04 Å². The summed E-state index contributed by atoms with van der Waals surface area (Å²) in [5.74, 6) is 0. The summed E-state index contributed by atoms with van der Waals surface area (Å²) in [5.41, 5.74) is 9.75. The van der Waals surface area contributed by atoms with Gasteiger partial charge in [0.15, 0.2) is 0 Å². The molecule has 0 aliphatic carbocycles. The SMILES string of the molecule is Cc1cccc(C(N)c2cc(Br)ccc2Br)c1. The first-order chi connectivity index (χ1) is 8.08. The molecule has 0 aromatic heterocycles.